The first-order chi connectivity index (χ1) is 7.89. The third-order valence-corrected chi connectivity index (χ3v) is 2.80. The Morgan fingerprint density at radius 3 is 2.47 bits per heavy atom. The van der Waals surface area contributed by atoms with Gasteiger partial charge in [0.2, 0.25) is 0 Å². The highest BCUT2D eigenvalue weighted by Crippen LogP contribution is 2.35. The van der Waals surface area contributed by atoms with Gasteiger partial charge in [0.15, 0.2) is 0 Å². The van der Waals surface area contributed by atoms with Crippen LogP contribution in [0.4, 0.5) is 22.6 Å². The van der Waals surface area contributed by atoms with E-state index in [1.807, 2.05) is 0 Å². The summed E-state index contributed by atoms with van der Waals surface area (Å²) in [5.74, 6) is -1.31. The molecule has 2 rings (SSSR count). The van der Waals surface area contributed by atoms with Gasteiger partial charge in [-0.2, -0.15) is 13.2 Å². The average Bonchev–Trinajstić information content (AvgIpc) is 2.63. The zero-order valence-electron chi connectivity index (χ0n) is 8.25. The summed E-state index contributed by atoms with van der Waals surface area (Å²) >= 11 is 1.11. The molecule has 0 spiro atoms. The standard InChI is InChI=1S/C10H6F4N2S/c11-7-2-1-5(3-6(7)10(12,13)14)8-9(15)17-4-16-8/h1-4H,15H2. The van der Waals surface area contributed by atoms with Crippen LogP contribution in [0, 0.1) is 5.82 Å². The molecule has 0 unspecified atom stereocenters. The first kappa shape index (κ1) is 11.8. The maximum atomic E-state index is 13.0. The van der Waals surface area contributed by atoms with Gasteiger partial charge in [0.05, 0.1) is 11.1 Å². The van der Waals surface area contributed by atoms with Gasteiger partial charge in [0, 0.05) is 5.56 Å². The van der Waals surface area contributed by atoms with E-state index in [1.165, 1.54) is 11.6 Å². The molecule has 0 aliphatic carbocycles. The van der Waals surface area contributed by atoms with E-state index >= 15 is 0 Å². The topological polar surface area (TPSA) is 38.9 Å². The van der Waals surface area contributed by atoms with Crippen LogP contribution in [-0.2, 0) is 6.18 Å². The van der Waals surface area contributed by atoms with Gasteiger partial charge in [0.25, 0.3) is 0 Å². The third-order valence-electron chi connectivity index (χ3n) is 2.14. The van der Waals surface area contributed by atoms with Crippen LogP contribution in [-0.4, -0.2) is 4.98 Å². The predicted octanol–water partition coefficient (Wildman–Crippen LogP) is 3.55. The molecule has 0 aliphatic heterocycles. The van der Waals surface area contributed by atoms with Crippen molar-refractivity contribution in [2.24, 2.45) is 0 Å². The van der Waals surface area contributed by atoms with Crippen molar-refractivity contribution < 1.29 is 17.6 Å². The van der Waals surface area contributed by atoms with Crippen molar-refractivity contribution in [2.75, 3.05) is 5.73 Å². The molecule has 0 bridgehead atoms. The molecule has 2 aromatic rings. The van der Waals surface area contributed by atoms with Gasteiger partial charge < -0.3 is 5.73 Å². The van der Waals surface area contributed by atoms with Crippen molar-refractivity contribution in [1.82, 2.24) is 4.98 Å². The number of aromatic nitrogens is 1. The van der Waals surface area contributed by atoms with E-state index in [9.17, 15) is 17.6 Å². The number of anilines is 1. The van der Waals surface area contributed by atoms with E-state index in [0.717, 1.165) is 17.4 Å². The molecular formula is C10H6F4N2S. The van der Waals surface area contributed by atoms with Crippen LogP contribution in [0.5, 0.6) is 0 Å². The second-order valence-corrected chi connectivity index (χ2v) is 4.14. The second kappa shape index (κ2) is 3.99. The summed E-state index contributed by atoms with van der Waals surface area (Å²) in [4.78, 5) is 3.84. The number of halogens is 4. The van der Waals surface area contributed by atoms with Gasteiger partial charge in [-0.25, -0.2) is 9.37 Å². The van der Waals surface area contributed by atoms with Gasteiger partial charge in [-0.1, -0.05) is 0 Å². The van der Waals surface area contributed by atoms with Gasteiger partial charge in [-0.05, 0) is 18.2 Å². The summed E-state index contributed by atoms with van der Waals surface area (Å²) in [7, 11) is 0. The Kier molecular flexibility index (Phi) is 2.78. The summed E-state index contributed by atoms with van der Waals surface area (Å²) in [6.45, 7) is 0. The van der Waals surface area contributed by atoms with Crippen LogP contribution >= 0.6 is 11.3 Å². The molecule has 0 saturated carbocycles. The number of nitrogens with two attached hydrogens (primary N) is 1. The highest BCUT2D eigenvalue weighted by Gasteiger charge is 2.34. The Morgan fingerprint density at radius 2 is 1.94 bits per heavy atom. The van der Waals surface area contributed by atoms with Crippen molar-refractivity contribution >= 4 is 16.3 Å². The molecule has 1 heterocycles. The van der Waals surface area contributed by atoms with Crippen LogP contribution in [0.2, 0.25) is 0 Å². The average molecular weight is 262 g/mol. The van der Waals surface area contributed by atoms with E-state index in [2.05, 4.69) is 4.98 Å². The first-order valence-corrected chi connectivity index (χ1v) is 5.33. The maximum Gasteiger partial charge on any atom is 0.419 e. The summed E-state index contributed by atoms with van der Waals surface area (Å²) in [6.07, 6.45) is -4.73. The molecule has 0 radical (unpaired) electrons. The van der Waals surface area contributed by atoms with E-state index in [1.54, 1.807) is 0 Å². The first-order valence-electron chi connectivity index (χ1n) is 4.45. The van der Waals surface area contributed by atoms with Crippen molar-refractivity contribution in [2.45, 2.75) is 6.18 Å². The quantitative estimate of drug-likeness (QED) is 0.798. The summed E-state index contributed by atoms with van der Waals surface area (Å²) in [5, 5.41) is 0.296. The monoisotopic (exact) mass is 262 g/mol. The largest absolute Gasteiger partial charge is 0.419 e. The van der Waals surface area contributed by atoms with E-state index < -0.39 is 17.6 Å². The van der Waals surface area contributed by atoms with Crippen LogP contribution in [0.15, 0.2) is 23.7 Å². The zero-order valence-corrected chi connectivity index (χ0v) is 9.07. The molecule has 17 heavy (non-hydrogen) atoms. The van der Waals surface area contributed by atoms with Gasteiger partial charge in [0.1, 0.15) is 16.5 Å². The van der Waals surface area contributed by atoms with Crippen LogP contribution in [0.3, 0.4) is 0 Å². The SMILES string of the molecule is Nc1scnc1-c1ccc(F)c(C(F)(F)F)c1. The Hall–Kier alpha value is -1.63. The lowest BCUT2D eigenvalue weighted by Gasteiger charge is -2.09. The minimum atomic E-state index is -4.73. The fourth-order valence-electron chi connectivity index (χ4n) is 1.36. The van der Waals surface area contributed by atoms with Crippen molar-refractivity contribution in [3.05, 3.63) is 35.1 Å². The number of alkyl halides is 3. The van der Waals surface area contributed by atoms with Crippen LogP contribution in [0.25, 0.3) is 11.3 Å². The summed E-state index contributed by atoms with van der Waals surface area (Å²) in [6, 6.07) is 2.69. The Bertz CT molecular complexity index is 547. The van der Waals surface area contributed by atoms with Gasteiger partial charge >= 0.3 is 6.18 Å². The number of nitrogen functional groups attached to an aromatic ring is 1. The summed E-state index contributed by atoms with van der Waals surface area (Å²) in [5.41, 5.74) is 6.04. The Balaban J connectivity index is 2.56. The Morgan fingerprint density at radius 1 is 1.24 bits per heavy atom. The molecule has 1 aromatic heterocycles. The van der Waals surface area contributed by atoms with Crippen molar-refractivity contribution in [3.63, 3.8) is 0 Å². The van der Waals surface area contributed by atoms with Crippen LogP contribution in [0.1, 0.15) is 5.56 Å². The lowest BCUT2D eigenvalue weighted by molar-refractivity contribution is -0.139. The normalized spacial score (nSPS) is 11.8. The molecule has 0 saturated heterocycles. The molecular weight excluding hydrogens is 256 g/mol. The lowest BCUT2D eigenvalue weighted by atomic mass is 10.1. The third kappa shape index (κ3) is 2.23. The molecule has 90 valence electrons. The van der Waals surface area contributed by atoms with E-state index in [4.69, 9.17) is 5.73 Å². The molecule has 0 aliphatic rings. The minimum absolute atomic E-state index is 0.150. The molecule has 2 N–H and O–H groups in total. The highest BCUT2D eigenvalue weighted by molar-refractivity contribution is 7.14. The Labute approximate surface area is 97.7 Å². The molecule has 7 heteroatoms. The van der Waals surface area contributed by atoms with Gasteiger partial charge in [-0.15, -0.1) is 11.3 Å². The molecule has 0 fully saturated rings. The van der Waals surface area contributed by atoms with Crippen LogP contribution < -0.4 is 5.73 Å². The van der Waals surface area contributed by atoms with Crippen molar-refractivity contribution in [3.8, 4) is 11.3 Å². The fourth-order valence-corrected chi connectivity index (χ4v) is 1.92. The van der Waals surface area contributed by atoms with Crippen molar-refractivity contribution in [1.29, 1.82) is 0 Å². The predicted molar refractivity (Wildman–Crippen MR) is 56.9 cm³/mol. The second-order valence-electron chi connectivity index (χ2n) is 3.26. The number of nitrogens with zero attached hydrogens (tertiary/aromatic N) is 1. The van der Waals surface area contributed by atoms with Gasteiger partial charge in [-0.3, -0.25) is 0 Å². The molecule has 0 amide bonds. The lowest BCUT2D eigenvalue weighted by Crippen LogP contribution is -2.08. The highest BCUT2D eigenvalue weighted by atomic mass is 32.1. The molecule has 2 nitrogen and oxygen atoms in total. The fraction of sp³-hybridized carbons (Fsp3) is 0.100. The number of rotatable bonds is 1. The number of hydrogen-bond donors (Lipinski definition) is 1. The minimum Gasteiger partial charge on any atom is -0.389 e. The molecule has 0 atom stereocenters. The number of benzene rings is 1. The smallest absolute Gasteiger partial charge is 0.389 e. The summed E-state index contributed by atoms with van der Waals surface area (Å²) < 4.78 is 50.5. The molecule has 1 aromatic carbocycles. The maximum absolute atomic E-state index is 13.0. The number of hydrogen-bond acceptors (Lipinski definition) is 3. The van der Waals surface area contributed by atoms with E-state index in [-0.39, 0.29) is 11.3 Å². The van der Waals surface area contributed by atoms with E-state index in [0.29, 0.717) is 11.1 Å². The zero-order chi connectivity index (χ0) is 12.6. The number of thiazole rings is 1.